The number of halogens is 3. The van der Waals surface area contributed by atoms with Gasteiger partial charge >= 0.3 is 6.18 Å². The molecule has 2 unspecified atom stereocenters. The lowest BCUT2D eigenvalue weighted by molar-refractivity contribution is -0.139. The molecular weight excluding hydrogens is 349 g/mol. The normalized spacial score (nSPS) is 22.3. The van der Waals surface area contributed by atoms with Gasteiger partial charge in [0, 0.05) is 17.0 Å². The highest BCUT2D eigenvalue weighted by Crippen LogP contribution is 2.37. The quantitative estimate of drug-likeness (QED) is 0.835. The third kappa shape index (κ3) is 4.54. The Balaban J connectivity index is 2.31. The van der Waals surface area contributed by atoms with Gasteiger partial charge in [-0.2, -0.15) is 24.9 Å². The number of nitrogens with two attached hydrogens (primary N) is 1. The van der Waals surface area contributed by atoms with Crippen molar-refractivity contribution in [1.82, 2.24) is 0 Å². The highest BCUT2D eigenvalue weighted by molar-refractivity contribution is 7.99. The molecule has 0 bridgehead atoms. The first-order valence-corrected chi connectivity index (χ1v) is 9.84. The van der Waals surface area contributed by atoms with Crippen molar-refractivity contribution in [2.45, 2.75) is 48.5 Å². The Morgan fingerprint density at radius 3 is 2.61 bits per heavy atom. The van der Waals surface area contributed by atoms with Crippen LogP contribution < -0.4 is 10.5 Å². The summed E-state index contributed by atoms with van der Waals surface area (Å²) in [6.45, 7) is 2.04. The van der Waals surface area contributed by atoms with E-state index < -0.39 is 26.7 Å². The maximum atomic E-state index is 13.1. The molecule has 0 aliphatic heterocycles. The van der Waals surface area contributed by atoms with Crippen molar-refractivity contribution < 1.29 is 21.6 Å². The zero-order valence-corrected chi connectivity index (χ0v) is 14.2. The number of hydrogen-bond donors (Lipinski definition) is 2. The topological polar surface area (TPSA) is 72.2 Å². The van der Waals surface area contributed by atoms with Gasteiger partial charge in [0.25, 0.3) is 0 Å². The van der Waals surface area contributed by atoms with Crippen LogP contribution in [0.3, 0.4) is 0 Å². The van der Waals surface area contributed by atoms with Crippen LogP contribution in [0.4, 0.5) is 18.9 Å². The summed E-state index contributed by atoms with van der Waals surface area (Å²) in [6, 6.07) is 3.16. The number of anilines is 1. The van der Waals surface area contributed by atoms with Crippen molar-refractivity contribution in [3.8, 4) is 0 Å². The molecule has 0 aromatic heterocycles. The second-order valence-corrected chi connectivity index (χ2v) is 8.48. The van der Waals surface area contributed by atoms with Crippen molar-refractivity contribution in [2.75, 3.05) is 11.1 Å². The molecule has 0 amide bonds. The number of thioether (sulfide) groups is 1. The van der Waals surface area contributed by atoms with Gasteiger partial charge in [0.15, 0.2) is 0 Å². The van der Waals surface area contributed by atoms with E-state index >= 15 is 0 Å². The smallest absolute Gasteiger partial charge is 0.381 e. The van der Waals surface area contributed by atoms with Gasteiger partial charge in [-0.25, -0.2) is 13.6 Å². The largest absolute Gasteiger partial charge is 0.417 e. The van der Waals surface area contributed by atoms with Gasteiger partial charge in [-0.05, 0) is 36.8 Å². The van der Waals surface area contributed by atoms with Crippen LogP contribution in [0.25, 0.3) is 0 Å². The van der Waals surface area contributed by atoms with Crippen molar-refractivity contribution in [3.63, 3.8) is 0 Å². The van der Waals surface area contributed by atoms with Crippen LogP contribution in [-0.4, -0.2) is 25.5 Å². The molecule has 0 heterocycles. The standard InChI is InChI=1S/C14H19F3N2O2S2/c1-2-22-12-5-3-4-11(12)19-9-6-7-13(23(18,20)21)10(8-9)14(15,16)17/h6-8,11-12,19H,2-5H2,1H3,(H2,18,20,21). The van der Waals surface area contributed by atoms with Crippen LogP contribution in [0.15, 0.2) is 23.1 Å². The number of alkyl halides is 3. The molecule has 1 aromatic rings. The van der Waals surface area contributed by atoms with E-state index in [2.05, 4.69) is 5.32 Å². The highest BCUT2D eigenvalue weighted by atomic mass is 32.2. The predicted octanol–water partition coefficient (Wildman–Crippen LogP) is 3.44. The van der Waals surface area contributed by atoms with Crippen molar-refractivity contribution in [2.24, 2.45) is 5.14 Å². The minimum absolute atomic E-state index is 0.0846. The Bertz CT molecular complexity index is 662. The van der Waals surface area contributed by atoms with Gasteiger partial charge in [-0.15, -0.1) is 0 Å². The maximum Gasteiger partial charge on any atom is 0.417 e. The summed E-state index contributed by atoms with van der Waals surface area (Å²) in [5.41, 5.74) is -0.971. The second kappa shape index (κ2) is 6.90. The molecule has 23 heavy (non-hydrogen) atoms. The third-order valence-electron chi connectivity index (χ3n) is 3.78. The number of nitrogens with one attached hydrogen (secondary N) is 1. The lowest BCUT2D eigenvalue weighted by Gasteiger charge is -2.22. The van der Waals surface area contributed by atoms with Crippen LogP contribution in [0.1, 0.15) is 31.7 Å². The van der Waals surface area contributed by atoms with Crippen molar-refractivity contribution in [1.29, 1.82) is 0 Å². The molecule has 1 saturated carbocycles. The molecule has 1 aromatic carbocycles. The van der Waals surface area contributed by atoms with Gasteiger partial charge in [-0.3, -0.25) is 0 Å². The molecule has 0 saturated heterocycles. The molecule has 4 nitrogen and oxygen atoms in total. The third-order valence-corrected chi connectivity index (χ3v) is 6.07. The Hall–Kier alpha value is -0.930. The van der Waals surface area contributed by atoms with E-state index in [1.165, 1.54) is 6.07 Å². The van der Waals surface area contributed by atoms with E-state index in [0.717, 1.165) is 37.1 Å². The van der Waals surface area contributed by atoms with Gasteiger partial charge in [0.1, 0.15) is 0 Å². The Kier molecular flexibility index (Phi) is 5.52. The fraction of sp³-hybridized carbons (Fsp3) is 0.571. The van der Waals surface area contributed by atoms with Gasteiger partial charge < -0.3 is 5.32 Å². The number of hydrogen-bond acceptors (Lipinski definition) is 4. The summed E-state index contributed by atoms with van der Waals surface area (Å²) in [5, 5.41) is 8.34. The lowest BCUT2D eigenvalue weighted by atomic mass is 10.1. The van der Waals surface area contributed by atoms with E-state index in [4.69, 9.17) is 5.14 Å². The lowest BCUT2D eigenvalue weighted by Crippen LogP contribution is -2.26. The summed E-state index contributed by atoms with van der Waals surface area (Å²) in [4.78, 5) is -0.901. The molecule has 2 atom stereocenters. The first-order chi connectivity index (χ1) is 10.6. The second-order valence-electron chi connectivity index (χ2n) is 5.43. The average molecular weight is 368 g/mol. The SMILES string of the molecule is CCSC1CCCC1Nc1ccc(S(N)(=O)=O)c(C(F)(F)F)c1. The molecular formula is C14H19F3N2O2S2. The molecule has 0 radical (unpaired) electrons. The molecule has 1 fully saturated rings. The fourth-order valence-electron chi connectivity index (χ4n) is 2.81. The van der Waals surface area contributed by atoms with Gasteiger partial charge in [-0.1, -0.05) is 13.3 Å². The summed E-state index contributed by atoms with van der Waals surface area (Å²) < 4.78 is 62.0. The van der Waals surface area contributed by atoms with E-state index in [9.17, 15) is 21.6 Å². The average Bonchev–Trinajstić information content (AvgIpc) is 2.84. The zero-order valence-electron chi connectivity index (χ0n) is 12.6. The first kappa shape index (κ1) is 18.4. The molecule has 0 spiro atoms. The van der Waals surface area contributed by atoms with Crippen LogP contribution in [-0.2, 0) is 16.2 Å². The summed E-state index contributed by atoms with van der Waals surface area (Å²) in [5.74, 6) is 0.945. The Labute approximate surface area is 138 Å². The predicted molar refractivity (Wildman–Crippen MR) is 86.0 cm³/mol. The molecule has 9 heteroatoms. The number of benzene rings is 1. The monoisotopic (exact) mass is 368 g/mol. The zero-order chi connectivity index (χ0) is 17.3. The number of rotatable bonds is 5. The highest BCUT2D eigenvalue weighted by Gasteiger charge is 2.37. The summed E-state index contributed by atoms with van der Waals surface area (Å²) in [6.07, 6.45) is -1.85. The number of primary sulfonamides is 1. The summed E-state index contributed by atoms with van der Waals surface area (Å²) >= 11 is 1.78. The van der Waals surface area contributed by atoms with Crippen LogP contribution in [0.2, 0.25) is 0 Å². The van der Waals surface area contributed by atoms with Crippen LogP contribution in [0, 0.1) is 0 Å². The molecule has 1 aliphatic rings. The first-order valence-electron chi connectivity index (χ1n) is 7.25. The molecule has 2 rings (SSSR count). The van der Waals surface area contributed by atoms with E-state index in [-0.39, 0.29) is 11.7 Å². The molecule has 1 aliphatic carbocycles. The fourth-order valence-corrected chi connectivity index (χ4v) is 4.74. The Morgan fingerprint density at radius 1 is 1.35 bits per heavy atom. The molecule has 130 valence electrons. The van der Waals surface area contributed by atoms with Gasteiger partial charge in [0.05, 0.1) is 10.5 Å². The van der Waals surface area contributed by atoms with E-state index in [0.29, 0.717) is 5.25 Å². The van der Waals surface area contributed by atoms with Crippen LogP contribution in [0.5, 0.6) is 0 Å². The van der Waals surface area contributed by atoms with Crippen LogP contribution >= 0.6 is 11.8 Å². The van der Waals surface area contributed by atoms with Gasteiger partial charge in [0.2, 0.25) is 10.0 Å². The number of sulfonamides is 1. The minimum Gasteiger partial charge on any atom is -0.381 e. The van der Waals surface area contributed by atoms with Crippen molar-refractivity contribution in [3.05, 3.63) is 23.8 Å². The van der Waals surface area contributed by atoms with Crippen molar-refractivity contribution >= 4 is 27.5 Å². The summed E-state index contributed by atoms with van der Waals surface area (Å²) in [7, 11) is -4.43. The minimum atomic E-state index is -4.79. The molecule has 3 N–H and O–H groups in total. The maximum absolute atomic E-state index is 13.1. The Morgan fingerprint density at radius 2 is 2.04 bits per heavy atom. The van der Waals surface area contributed by atoms with E-state index in [1.807, 2.05) is 6.92 Å². The van der Waals surface area contributed by atoms with E-state index in [1.54, 1.807) is 11.8 Å².